The van der Waals surface area contributed by atoms with Gasteiger partial charge < -0.3 is 16.2 Å². The highest BCUT2D eigenvalue weighted by molar-refractivity contribution is 5.60. The van der Waals surface area contributed by atoms with Crippen LogP contribution >= 0.6 is 0 Å². The molecule has 0 radical (unpaired) electrons. The first-order chi connectivity index (χ1) is 16.8. The van der Waals surface area contributed by atoms with Gasteiger partial charge in [-0.15, -0.1) is 0 Å². The summed E-state index contributed by atoms with van der Waals surface area (Å²) in [6.45, 7) is 9.97. The fourth-order valence-electron chi connectivity index (χ4n) is 9.24. The van der Waals surface area contributed by atoms with E-state index in [4.69, 9.17) is 16.2 Å². The molecular formula is C32H48N2O. The van der Waals surface area contributed by atoms with Crippen LogP contribution in [0.2, 0.25) is 0 Å². The molecule has 0 aliphatic heterocycles. The van der Waals surface area contributed by atoms with E-state index in [0.29, 0.717) is 28.1 Å². The minimum Gasteiger partial charge on any atom is -0.488 e. The van der Waals surface area contributed by atoms with Gasteiger partial charge in [0.05, 0.1) is 11.8 Å². The summed E-state index contributed by atoms with van der Waals surface area (Å²) in [5, 5.41) is 0. The average molecular weight is 477 g/mol. The third-order valence-electron chi connectivity index (χ3n) is 11.2. The highest BCUT2D eigenvalue weighted by atomic mass is 16.5. The van der Waals surface area contributed by atoms with Crippen molar-refractivity contribution >= 4 is 11.4 Å². The summed E-state index contributed by atoms with van der Waals surface area (Å²) in [4.78, 5) is 0. The molecule has 3 nitrogen and oxygen atoms in total. The van der Waals surface area contributed by atoms with Crippen molar-refractivity contribution in [3.8, 4) is 5.75 Å². The SMILES string of the molecule is C/C=C/CCC(C)C1CCC2C3C=CC4CC(Oc5ccc(N)cc5N)CCC4(C)C3CCC12C. The number of hydrogen-bond donors (Lipinski definition) is 2. The highest BCUT2D eigenvalue weighted by Gasteiger charge is 2.59. The number of nitrogen functional groups attached to an aromatic ring is 2. The monoisotopic (exact) mass is 476 g/mol. The first kappa shape index (κ1) is 24.8. The number of nitrogens with two attached hydrogens (primary N) is 2. The Hall–Kier alpha value is -1.90. The van der Waals surface area contributed by atoms with Crippen LogP contribution in [0.4, 0.5) is 11.4 Å². The Morgan fingerprint density at radius 2 is 1.80 bits per heavy atom. The topological polar surface area (TPSA) is 61.3 Å². The Kier molecular flexibility index (Phi) is 6.74. The van der Waals surface area contributed by atoms with Crippen LogP contribution in [-0.2, 0) is 0 Å². The number of benzene rings is 1. The van der Waals surface area contributed by atoms with Gasteiger partial charge in [-0.25, -0.2) is 0 Å². The number of anilines is 2. The summed E-state index contributed by atoms with van der Waals surface area (Å²) in [5.41, 5.74) is 14.3. The predicted molar refractivity (Wildman–Crippen MR) is 148 cm³/mol. The van der Waals surface area contributed by atoms with E-state index in [1.807, 2.05) is 18.2 Å². The van der Waals surface area contributed by atoms with E-state index in [1.54, 1.807) is 0 Å². The largest absolute Gasteiger partial charge is 0.488 e. The lowest BCUT2D eigenvalue weighted by molar-refractivity contribution is -0.0781. The molecule has 1 aromatic rings. The maximum Gasteiger partial charge on any atom is 0.142 e. The van der Waals surface area contributed by atoms with E-state index >= 15 is 0 Å². The van der Waals surface area contributed by atoms with E-state index in [1.165, 1.54) is 44.9 Å². The first-order valence-electron chi connectivity index (χ1n) is 14.4. The summed E-state index contributed by atoms with van der Waals surface area (Å²) in [6.07, 6.45) is 21.9. The maximum absolute atomic E-state index is 6.42. The number of hydrogen-bond acceptors (Lipinski definition) is 3. The molecule has 9 atom stereocenters. The molecule has 9 unspecified atom stereocenters. The summed E-state index contributed by atoms with van der Waals surface area (Å²) in [7, 11) is 0. The van der Waals surface area contributed by atoms with Gasteiger partial charge >= 0.3 is 0 Å². The lowest BCUT2D eigenvalue weighted by atomic mass is 9.46. The van der Waals surface area contributed by atoms with Gasteiger partial charge in [0.25, 0.3) is 0 Å². The second-order valence-corrected chi connectivity index (χ2v) is 13.0. The summed E-state index contributed by atoms with van der Waals surface area (Å²) >= 11 is 0. The molecule has 4 aliphatic rings. The van der Waals surface area contributed by atoms with Crippen molar-refractivity contribution < 1.29 is 4.74 Å². The lowest BCUT2D eigenvalue weighted by Gasteiger charge is -2.59. The quantitative estimate of drug-likeness (QED) is 0.323. The van der Waals surface area contributed by atoms with Crippen LogP contribution in [-0.4, -0.2) is 6.10 Å². The maximum atomic E-state index is 6.42. The second kappa shape index (κ2) is 9.52. The minimum atomic E-state index is 0.239. The molecule has 3 fully saturated rings. The van der Waals surface area contributed by atoms with Gasteiger partial charge in [0, 0.05) is 5.69 Å². The van der Waals surface area contributed by atoms with Crippen LogP contribution in [0.5, 0.6) is 5.75 Å². The zero-order chi connectivity index (χ0) is 24.8. The molecule has 4 aliphatic carbocycles. The molecule has 0 saturated heterocycles. The molecule has 0 bridgehead atoms. The van der Waals surface area contributed by atoms with E-state index in [-0.39, 0.29) is 6.10 Å². The molecule has 0 spiro atoms. The van der Waals surface area contributed by atoms with Gasteiger partial charge in [-0.2, -0.15) is 0 Å². The van der Waals surface area contributed by atoms with Crippen LogP contribution in [0.3, 0.4) is 0 Å². The van der Waals surface area contributed by atoms with Crippen molar-refractivity contribution in [3.63, 3.8) is 0 Å². The van der Waals surface area contributed by atoms with E-state index in [9.17, 15) is 0 Å². The van der Waals surface area contributed by atoms with Crippen molar-refractivity contribution in [2.24, 2.45) is 46.3 Å². The van der Waals surface area contributed by atoms with Gasteiger partial charge in [0.1, 0.15) is 5.75 Å². The summed E-state index contributed by atoms with van der Waals surface area (Å²) < 4.78 is 6.42. The molecule has 3 saturated carbocycles. The average Bonchev–Trinajstić information content (AvgIpc) is 3.18. The minimum absolute atomic E-state index is 0.239. The van der Waals surface area contributed by atoms with Crippen molar-refractivity contribution in [1.29, 1.82) is 0 Å². The lowest BCUT2D eigenvalue weighted by Crippen LogP contribution is -2.52. The molecule has 4 N–H and O–H groups in total. The summed E-state index contributed by atoms with van der Waals surface area (Å²) in [5.74, 6) is 5.60. The van der Waals surface area contributed by atoms with Crippen molar-refractivity contribution in [1.82, 2.24) is 0 Å². The Balaban J connectivity index is 1.29. The molecule has 5 rings (SSSR count). The number of ether oxygens (including phenoxy) is 1. The van der Waals surface area contributed by atoms with E-state index in [0.717, 1.165) is 48.2 Å². The molecule has 0 aromatic heterocycles. The van der Waals surface area contributed by atoms with Crippen molar-refractivity contribution in [2.45, 2.75) is 91.6 Å². The first-order valence-corrected chi connectivity index (χ1v) is 14.4. The third kappa shape index (κ3) is 4.31. The predicted octanol–water partition coefficient (Wildman–Crippen LogP) is 8.03. The highest BCUT2D eigenvalue weighted by Crippen LogP contribution is 2.67. The normalized spacial score (nSPS) is 41.3. The van der Waals surface area contributed by atoms with Gasteiger partial charge in [0.15, 0.2) is 0 Å². The van der Waals surface area contributed by atoms with Gasteiger partial charge in [-0.05, 0) is 129 Å². The Morgan fingerprint density at radius 3 is 2.57 bits per heavy atom. The Bertz CT molecular complexity index is 968. The van der Waals surface area contributed by atoms with Crippen LogP contribution in [0, 0.1) is 46.3 Å². The van der Waals surface area contributed by atoms with E-state index < -0.39 is 0 Å². The second-order valence-electron chi connectivity index (χ2n) is 13.0. The molecule has 0 amide bonds. The van der Waals surface area contributed by atoms with Crippen molar-refractivity contribution in [2.75, 3.05) is 11.5 Å². The fraction of sp³-hybridized carbons (Fsp3) is 0.688. The zero-order valence-corrected chi connectivity index (χ0v) is 22.5. The van der Waals surface area contributed by atoms with Crippen LogP contribution in [0.25, 0.3) is 0 Å². The van der Waals surface area contributed by atoms with Gasteiger partial charge in [0.2, 0.25) is 0 Å². The van der Waals surface area contributed by atoms with Gasteiger partial charge in [-0.3, -0.25) is 0 Å². The zero-order valence-electron chi connectivity index (χ0n) is 22.5. The molecule has 192 valence electrons. The molecule has 0 heterocycles. The summed E-state index contributed by atoms with van der Waals surface area (Å²) in [6, 6.07) is 5.63. The Morgan fingerprint density at radius 1 is 1.03 bits per heavy atom. The van der Waals surface area contributed by atoms with Crippen molar-refractivity contribution in [3.05, 3.63) is 42.5 Å². The van der Waals surface area contributed by atoms with Crippen LogP contribution in [0.1, 0.15) is 85.5 Å². The third-order valence-corrected chi connectivity index (χ3v) is 11.2. The molecule has 1 aromatic carbocycles. The van der Waals surface area contributed by atoms with Gasteiger partial charge in [-0.1, -0.05) is 45.1 Å². The Labute approximate surface area is 213 Å². The van der Waals surface area contributed by atoms with Crippen LogP contribution < -0.4 is 16.2 Å². The number of allylic oxidation sites excluding steroid dienone is 4. The number of fused-ring (bicyclic) bond motifs is 5. The molecular weight excluding hydrogens is 428 g/mol. The van der Waals surface area contributed by atoms with E-state index in [2.05, 4.69) is 52.0 Å². The smallest absolute Gasteiger partial charge is 0.142 e. The number of rotatable bonds is 6. The molecule has 3 heteroatoms. The van der Waals surface area contributed by atoms with Crippen LogP contribution in [0.15, 0.2) is 42.5 Å². The fourth-order valence-corrected chi connectivity index (χ4v) is 9.24. The molecule has 35 heavy (non-hydrogen) atoms. The standard InChI is InChI=1S/C32H48N2O/c1-5-6-7-8-21(2)26-12-13-27-25-11-9-22-19-24(35-30-14-10-23(33)20-29(30)34)15-17-31(22,3)28(25)16-18-32(26,27)4/h5-6,9-11,14,20-22,24-28H,7-8,12-13,15-19,33-34H2,1-4H3/b6-5+.